The van der Waals surface area contributed by atoms with Gasteiger partial charge in [0.05, 0.1) is 6.07 Å². The number of carbonyl (C=O) groups excluding carboxylic acids is 1. The summed E-state index contributed by atoms with van der Waals surface area (Å²) in [5.74, 6) is 0.917. The molecule has 9 heteroatoms. The van der Waals surface area contributed by atoms with Gasteiger partial charge in [0.15, 0.2) is 0 Å². The molecule has 1 aromatic carbocycles. The van der Waals surface area contributed by atoms with Crippen molar-refractivity contribution < 1.29 is 9.53 Å². The number of benzene rings is 1. The molecule has 1 spiro atoms. The van der Waals surface area contributed by atoms with E-state index in [2.05, 4.69) is 52.9 Å². The van der Waals surface area contributed by atoms with Gasteiger partial charge in [-0.05, 0) is 20.0 Å². The van der Waals surface area contributed by atoms with Crippen LogP contribution >= 0.6 is 0 Å². The number of nitrogens with one attached hydrogen (secondary N) is 1. The van der Waals surface area contributed by atoms with E-state index >= 15 is 0 Å². The van der Waals surface area contributed by atoms with Crippen LogP contribution in [-0.4, -0.2) is 86.0 Å². The zero-order valence-electron chi connectivity index (χ0n) is 22.2. The number of nitrogens with zero attached hydrogens (tertiary/aromatic N) is 5. The quantitative estimate of drug-likeness (QED) is 0.582. The Morgan fingerprint density at radius 3 is 2.97 bits per heavy atom. The number of piperazine rings is 1. The Kier molecular flexibility index (Phi) is 6.79. The van der Waals surface area contributed by atoms with E-state index in [0.717, 1.165) is 75.0 Å². The third-order valence-corrected chi connectivity index (χ3v) is 9.06. The number of hydrogen-bond donors (Lipinski definition) is 1. The monoisotopic (exact) mass is 510 g/mol. The second-order valence-electron chi connectivity index (χ2n) is 11.4. The minimum absolute atomic E-state index is 0.0724. The molecule has 8 nitrogen and oxygen atoms in total. The molecule has 196 valence electrons. The summed E-state index contributed by atoms with van der Waals surface area (Å²) in [6, 6.07) is 9.28. The molecule has 0 radical (unpaired) electrons. The van der Waals surface area contributed by atoms with E-state index in [1.165, 1.54) is 11.1 Å². The van der Waals surface area contributed by atoms with Gasteiger partial charge in [0.25, 0.3) is 0 Å². The Balaban J connectivity index is 1.35. The Morgan fingerprint density at radius 2 is 2.18 bits per heavy atom. The zero-order valence-corrected chi connectivity index (χ0v) is 22.2. The number of anilines is 1. The van der Waals surface area contributed by atoms with Crippen molar-refractivity contribution in [1.29, 1.82) is 5.26 Å². The minimum atomic E-state index is -0.476. The molecule has 2 aliphatic heterocycles. The number of ketones is 1. The molecule has 3 atom stereocenters. The molecule has 1 N–H and O–H groups in total. The summed E-state index contributed by atoms with van der Waals surface area (Å²) in [6.07, 6.45) is 5.69. The van der Waals surface area contributed by atoms with E-state index in [0.29, 0.717) is 37.3 Å². The summed E-state index contributed by atoms with van der Waals surface area (Å²) in [5, 5.41) is 12.7. The molecule has 2 aliphatic carbocycles. The molecule has 2 fully saturated rings. The van der Waals surface area contributed by atoms with Gasteiger partial charge in [-0.3, -0.25) is 0 Å². The fraction of sp³-hybridized carbons (Fsp3) is 0.552. The molecule has 4 aliphatic rings. The number of rotatable bonds is 6. The van der Waals surface area contributed by atoms with Crippen LogP contribution < -0.4 is 20.4 Å². The van der Waals surface area contributed by atoms with Crippen molar-refractivity contribution in [2.45, 2.75) is 57.0 Å². The number of likely N-dealkylation sites (N-methyl/N-ethyl adjacent to an activating group) is 1. The van der Waals surface area contributed by atoms with E-state index in [-0.39, 0.29) is 11.8 Å². The molecule has 2 aromatic rings. The summed E-state index contributed by atoms with van der Waals surface area (Å²) in [5.41, 5.74) is 4.60. The first-order valence-corrected chi connectivity index (χ1v) is 13.9. The van der Waals surface area contributed by atoms with Gasteiger partial charge in [-0.2, -0.15) is 5.26 Å². The van der Waals surface area contributed by atoms with Crippen molar-refractivity contribution in [1.82, 2.24) is 20.2 Å². The van der Waals surface area contributed by atoms with Gasteiger partial charge in [0, 0.05) is 0 Å². The maximum atomic E-state index is 14.3. The first kappa shape index (κ1) is 25.2. The van der Waals surface area contributed by atoms with Crippen LogP contribution in [0, 0.1) is 16.7 Å². The van der Waals surface area contributed by atoms with Crippen molar-refractivity contribution in [3.05, 3.63) is 40.6 Å². The number of fused-ring (bicyclic) bond motifs is 2. The van der Waals surface area contributed by atoms with E-state index in [1.807, 2.05) is 6.92 Å². The van der Waals surface area contributed by atoms with Gasteiger partial charge in [0.2, 0.25) is 0 Å². The summed E-state index contributed by atoms with van der Waals surface area (Å²) in [4.78, 5) is 28.6. The first-order valence-electron chi connectivity index (χ1n) is 13.9. The van der Waals surface area contributed by atoms with Crippen molar-refractivity contribution in [2.24, 2.45) is 5.41 Å². The standard InChI is InChI=1S/C29H35BN6O2/c1-30-24-7-3-5-19-15-29(16-23(19)24)10-8-22-25(26(29)37)33-28(38-18-21-6-4-13-35(21)2)34-27(22)36-14-12-32-20(17-36)9-11-31/h3,5,7,20-21,32H,1,4,6,8-10,12-18H2,2H3/t20-,21-,29?/m0/s1. The molecule has 6 rings (SSSR count). The third-order valence-electron chi connectivity index (χ3n) is 9.06. The van der Waals surface area contributed by atoms with Gasteiger partial charge in [-0.1, -0.05) is 0 Å². The molecule has 1 aromatic heterocycles. The molecule has 0 bridgehead atoms. The summed E-state index contributed by atoms with van der Waals surface area (Å²) in [7, 11) is 2.12. The molecule has 2 saturated heterocycles. The number of hydrogen-bond acceptors (Lipinski definition) is 8. The fourth-order valence-corrected chi connectivity index (χ4v) is 6.88. The van der Waals surface area contributed by atoms with Crippen LogP contribution in [-0.2, 0) is 19.3 Å². The Hall–Kier alpha value is -3.09. The second kappa shape index (κ2) is 10.2. The average molecular weight is 510 g/mol. The van der Waals surface area contributed by atoms with Gasteiger partial charge >= 0.3 is 194 Å². The van der Waals surface area contributed by atoms with Crippen LogP contribution in [0.3, 0.4) is 0 Å². The fourth-order valence-electron chi connectivity index (χ4n) is 6.88. The van der Waals surface area contributed by atoms with Crippen molar-refractivity contribution >= 4 is 30.5 Å². The normalized spacial score (nSPS) is 26.6. The summed E-state index contributed by atoms with van der Waals surface area (Å²) >= 11 is 0. The van der Waals surface area contributed by atoms with Crippen LogP contribution in [0.2, 0.25) is 0 Å². The molecular weight excluding hydrogens is 475 g/mol. The number of aromatic nitrogens is 2. The predicted molar refractivity (Wildman–Crippen MR) is 149 cm³/mol. The number of nitriles is 1. The van der Waals surface area contributed by atoms with Crippen LogP contribution in [0.25, 0.3) is 0 Å². The van der Waals surface area contributed by atoms with Crippen molar-refractivity contribution in [3.8, 4) is 12.1 Å². The van der Waals surface area contributed by atoms with E-state index < -0.39 is 5.41 Å². The number of ether oxygens (including phenoxy) is 1. The van der Waals surface area contributed by atoms with Crippen molar-refractivity contribution in [2.75, 3.05) is 44.7 Å². The summed E-state index contributed by atoms with van der Waals surface area (Å²) < 4.78 is 6.21. The number of Topliss-reactive ketones (excluding diaryl/α,β-unsaturated/α-hetero) is 1. The number of carbonyl (C=O) groups is 1. The Morgan fingerprint density at radius 1 is 1.29 bits per heavy atom. The Labute approximate surface area is 225 Å². The molecule has 38 heavy (non-hydrogen) atoms. The second-order valence-corrected chi connectivity index (χ2v) is 11.4. The van der Waals surface area contributed by atoms with Crippen LogP contribution in [0.1, 0.15) is 52.9 Å². The molecule has 1 unspecified atom stereocenters. The van der Waals surface area contributed by atoms with Gasteiger partial charge < -0.3 is 0 Å². The van der Waals surface area contributed by atoms with E-state index in [4.69, 9.17) is 14.7 Å². The predicted octanol–water partition coefficient (Wildman–Crippen LogP) is 1.32. The zero-order chi connectivity index (χ0) is 26.3. The van der Waals surface area contributed by atoms with Gasteiger partial charge in [0.1, 0.15) is 0 Å². The first-order chi connectivity index (χ1) is 18.5. The molecule has 0 saturated carbocycles. The summed E-state index contributed by atoms with van der Waals surface area (Å²) in [6.45, 7) is 9.69. The SMILES string of the molecule is C=Bc1cccc2c1CC1(CCc3c(nc(OC[C@@H]4CCCN4C)nc3N3CCN[C@@H](CC#N)C3)C1=O)C2. The van der Waals surface area contributed by atoms with Crippen LogP contribution in [0.15, 0.2) is 18.2 Å². The van der Waals surface area contributed by atoms with Gasteiger partial charge in [-0.15, -0.1) is 0 Å². The molecular formula is C29H35BN6O2. The topological polar surface area (TPSA) is 94.4 Å². The van der Waals surface area contributed by atoms with E-state index in [1.54, 1.807) is 0 Å². The Bertz CT molecular complexity index is 1310. The van der Waals surface area contributed by atoms with Gasteiger partial charge in [-0.25, -0.2) is 0 Å². The maximum absolute atomic E-state index is 14.3. The van der Waals surface area contributed by atoms with Crippen LogP contribution in [0.5, 0.6) is 6.01 Å². The third kappa shape index (κ3) is 4.44. The number of likely N-dealkylation sites (tertiary alicyclic amines) is 1. The van der Waals surface area contributed by atoms with Crippen LogP contribution in [0.4, 0.5) is 5.82 Å². The average Bonchev–Trinajstić information content (AvgIpc) is 3.53. The molecule has 3 heterocycles. The molecule has 0 amide bonds. The van der Waals surface area contributed by atoms with Crippen molar-refractivity contribution in [3.63, 3.8) is 0 Å². The van der Waals surface area contributed by atoms with E-state index in [9.17, 15) is 10.1 Å².